The van der Waals surface area contributed by atoms with E-state index < -0.39 is 30.2 Å². The van der Waals surface area contributed by atoms with Crippen LogP contribution in [0.3, 0.4) is 0 Å². The Balaban J connectivity index is 1.45. The van der Waals surface area contributed by atoms with E-state index in [9.17, 15) is 18.8 Å². The van der Waals surface area contributed by atoms with Gasteiger partial charge in [0.15, 0.2) is 6.61 Å². The first kappa shape index (κ1) is 22.1. The van der Waals surface area contributed by atoms with Crippen molar-refractivity contribution in [3.8, 4) is 0 Å². The Bertz CT molecular complexity index is 945. The first-order valence-electron chi connectivity index (χ1n) is 9.30. The summed E-state index contributed by atoms with van der Waals surface area (Å²) in [7, 11) is 0. The summed E-state index contributed by atoms with van der Waals surface area (Å²) < 4.78 is 18.1. The first-order valence-corrected chi connectivity index (χ1v) is 10.1. The number of esters is 1. The number of halogens is 3. The number of carbonyl (C=O) groups excluding carboxylic acids is 3. The number of carbonyl (C=O) groups is 3. The Labute approximate surface area is 182 Å². The molecule has 0 aliphatic carbocycles. The summed E-state index contributed by atoms with van der Waals surface area (Å²) >= 11 is 11.9. The maximum atomic E-state index is 13.0. The summed E-state index contributed by atoms with van der Waals surface area (Å²) in [6.45, 7) is 0.303. The number of amides is 2. The lowest BCUT2D eigenvalue weighted by atomic mass is 9.96. The molecule has 0 bridgehead atoms. The van der Waals surface area contributed by atoms with Gasteiger partial charge in [0.25, 0.3) is 11.8 Å². The van der Waals surface area contributed by atoms with E-state index in [1.165, 1.54) is 30.3 Å². The normalized spacial score (nSPS) is 14.3. The molecule has 9 heteroatoms. The van der Waals surface area contributed by atoms with Crippen LogP contribution in [0, 0.1) is 11.7 Å². The van der Waals surface area contributed by atoms with Gasteiger partial charge in [-0.2, -0.15) is 0 Å². The Morgan fingerprint density at radius 3 is 2.40 bits per heavy atom. The van der Waals surface area contributed by atoms with Crippen molar-refractivity contribution >= 4 is 46.7 Å². The van der Waals surface area contributed by atoms with Crippen molar-refractivity contribution in [1.82, 2.24) is 4.90 Å². The van der Waals surface area contributed by atoms with Gasteiger partial charge in [0.2, 0.25) is 0 Å². The molecule has 2 amide bonds. The Morgan fingerprint density at radius 1 is 1.07 bits per heavy atom. The van der Waals surface area contributed by atoms with Gasteiger partial charge in [-0.15, -0.1) is 0 Å². The number of likely N-dealkylation sites (tertiary alicyclic amines) is 1. The van der Waals surface area contributed by atoms with Crippen LogP contribution in [0.25, 0.3) is 0 Å². The summed E-state index contributed by atoms with van der Waals surface area (Å²) in [6.07, 6.45) is 0.848. The number of ether oxygens (including phenoxy) is 1. The predicted molar refractivity (Wildman–Crippen MR) is 111 cm³/mol. The number of anilines is 1. The summed E-state index contributed by atoms with van der Waals surface area (Å²) in [5.41, 5.74) is 0.728. The molecule has 2 aromatic rings. The molecule has 0 atom stereocenters. The van der Waals surface area contributed by atoms with E-state index in [2.05, 4.69) is 5.32 Å². The molecule has 158 valence electrons. The van der Waals surface area contributed by atoms with Crippen molar-refractivity contribution in [2.75, 3.05) is 25.0 Å². The fourth-order valence-electron chi connectivity index (χ4n) is 3.13. The number of hydrogen-bond acceptors (Lipinski definition) is 4. The van der Waals surface area contributed by atoms with E-state index in [0.29, 0.717) is 47.2 Å². The average Bonchev–Trinajstić information content (AvgIpc) is 2.75. The maximum Gasteiger partial charge on any atom is 0.309 e. The molecule has 2 aromatic carbocycles. The highest BCUT2D eigenvalue weighted by molar-refractivity contribution is 6.35. The van der Waals surface area contributed by atoms with Crippen LogP contribution in [0.5, 0.6) is 0 Å². The molecule has 3 rings (SSSR count). The van der Waals surface area contributed by atoms with Crippen molar-refractivity contribution in [2.45, 2.75) is 12.8 Å². The lowest BCUT2D eigenvalue weighted by Crippen LogP contribution is -2.41. The SMILES string of the molecule is O=C(COC(=O)C1CCN(C(=O)c2ccc(F)cc2)CC1)Nc1cc(Cl)ccc1Cl. The quantitative estimate of drug-likeness (QED) is 0.690. The van der Waals surface area contributed by atoms with Crippen molar-refractivity contribution in [3.05, 3.63) is 63.9 Å². The van der Waals surface area contributed by atoms with Gasteiger partial charge in [-0.25, -0.2) is 4.39 Å². The van der Waals surface area contributed by atoms with E-state index in [4.69, 9.17) is 27.9 Å². The second kappa shape index (κ2) is 9.91. The van der Waals surface area contributed by atoms with Crippen LogP contribution in [0.1, 0.15) is 23.2 Å². The molecule has 0 unspecified atom stereocenters. The van der Waals surface area contributed by atoms with Gasteiger partial charge in [0.05, 0.1) is 16.6 Å². The first-order chi connectivity index (χ1) is 14.3. The van der Waals surface area contributed by atoms with Gasteiger partial charge in [-0.05, 0) is 55.3 Å². The summed E-state index contributed by atoms with van der Waals surface area (Å²) in [5, 5.41) is 3.27. The monoisotopic (exact) mass is 452 g/mol. The van der Waals surface area contributed by atoms with Gasteiger partial charge < -0.3 is 15.0 Å². The minimum Gasteiger partial charge on any atom is -0.455 e. The van der Waals surface area contributed by atoms with Crippen molar-refractivity contribution in [1.29, 1.82) is 0 Å². The van der Waals surface area contributed by atoms with Gasteiger partial charge in [0, 0.05) is 23.7 Å². The Hall–Kier alpha value is -2.64. The Kier molecular flexibility index (Phi) is 7.29. The smallest absolute Gasteiger partial charge is 0.309 e. The molecular weight excluding hydrogens is 434 g/mol. The van der Waals surface area contributed by atoms with Crippen LogP contribution in [-0.2, 0) is 14.3 Å². The third kappa shape index (κ3) is 5.70. The summed E-state index contributed by atoms with van der Waals surface area (Å²) in [6, 6.07) is 9.97. The van der Waals surface area contributed by atoms with E-state index in [0.717, 1.165) is 0 Å². The van der Waals surface area contributed by atoms with Crippen molar-refractivity contribution < 1.29 is 23.5 Å². The van der Waals surface area contributed by atoms with Crippen LogP contribution in [0.15, 0.2) is 42.5 Å². The van der Waals surface area contributed by atoms with Gasteiger partial charge in [0.1, 0.15) is 5.82 Å². The molecule has 1 aliphatic rings. The number of nitrogens with zero attached hydrogens (tertiary/aromatic N) is 1. The molecule has 0 spiro atoms. The standard InChI is InChI=1S/C21H19Cl2FN2O4/c22-15-3-6-17(23)18(11-15)25-19(27)12-30-21(29)14-7-9-26(10-8-14)20(28)13-1-4-16(24)5-2-13/h1-6,11,14H,7-10,12H2,(H,25,27). The van der Waals surface area contributed by atoms with Crippen molar-refractivity contribution in [2.24, 2.45) is 5.92 Å². The third-order valence-corrected chi connectivity index (χ3v) is 5.32. The van der Waals surface area contributed by atoms with Gasteiger partial charge in [-0.3, -0.25) is 14.4 Å². The summed E-state index contributed by atoms with van der Waals surface area (Å²) in [5.74, 6) is -2.04. The average molecular weight is 453 g/mol. The van der Waals surface area contributed by atoms with E-state index >= 15 is 0 Å². The summed E-state index contributed by atoms with van der Waals surface area (Å²) in [4.78, 5) is 38.3. The lowest BCUT2D eigenvalue weighted by Gasteiger charge is -2.31. The third-order valence-electron chi connectivity index (χ3n) is 4.75. The highest BCUT2D eigenvalue weighted by Gasteiger charge is 2.29. The Morgan fingerprint density at radius 2 is 1.73 bits per heavy atom. The van der Waals surface area contributed by atoms with E-state index in [1.807, 2.05) is 0 Å². The number of piperidine rings is 1. The van der Waals surface area contributed by atoms with Crippen molar-refractivity contribution in [3.63, 3.8) is 0 Å². The number of benzene rings is 2. The molecular formula is C21H19Cl2FN2O4. The molecule has 0 aromatic heterocycles. The zero-order chi connectivity index (χ0) is 21.7. The fourth-order valence-corrected chi connectivity index (χ4v) is 3.46. The second-order valence-corrected chi connectivity index (χ2v) is 7.70. The van der Waals surface area contributed by atoms with Crippen LogP contribution in [-0.4, -0.2) is 42.4 Å². The van der Waals surface area contributed by atoms with Crippen LogP contribution in [0.2, 0.25) is 10.0 Å². The molecule has 1 fully saturated rings. The van der Waals surface area contributed by atoms with Gasteiger partial charge >= 0.3 is 5.97 Å². The molecule has 6 nitrogen and oxygen atoms in total. The highest BCUT2D eigenvalue weighted by Crippen LogP contribution is 2.25. The molecule has 1 heterocycles. The maximum absolute atomic E-state index is 13.0. The van der Waals surface area contributed by atoms with E-state index in [1.54, 1.807) is 17.0 Å². The molecule has 0 radical (unpaired) electrons. The minimum atomic E-state index is -0.531. The molecule has 1 N–H and O–H groups in total. The molecule has 30 heavy (non-hydrogen) atoms. The van der Waals surface area contributed by atoms with Crippen LogP contribution < -0.4 is 5.32 Å². The lowest BCUT2D eigenvalue weighted by molar-refractivity contribution is -0.152. The van der Waals surface area contributed by atoms with E-state index in [-0.39, 0.29) is 5.91 Å². The highest BCUT2D eigenvalue weighted by atomic mass is 35.5. The predicted octanol–water partition coefficient (Wildman–Crippen LogP) is 4.17. The van der Waals surface area contributed by atoms with Gasteiger partial charge in [-0.1, -0.05) is 23.2 Å². The number of rotatable bonds is 5. The molecule has 1 aliphatic heterocycles. The minimum absolute atomic E-state index is 0.209. The molecule has 0 saturated carbocycles. The largest absolute Gasteiger partial charge is 0.455 e. The zero-order valence-electron chi connectivity index (χ0n) is 15.9. The second-order valence-electron chi connectivity index (χ2n) is 6.85. The zero-order valence-corrected chi connectivity index (χ0v) is 17.4. The number of hydrogen-bond donors (Lipinski definition) is 1. The van der Waals surface area contributed by atoms with Crippen LogP contribution >= 0.6 is 23.2 Å². The van der Waals surface area contributed by atoms with Crippen LogP contribution in [0.4, 0.5) is 10.1 Å². The topological polar surface area (TPSA) is 75.7 Å². The molecule has 1 saturated heterocycles. The number of nitrogens with one attached hydrogen (secondary N) is 1. The fraction of sp³-hybridized carbons (Fsp3) is 0.286.